The second-order valence-electron chi connectivity index (χ2n) is 3.07. The van der Waals surface area contributed by atoms with Gasteiger partial charge in [-0.3, -0.25) is 0 Å². The van der Waals surface area contributed by atoms with E-state index in [1.807, 2.05) is 0 Å². The van der Waals surface area contributed by atoms with Crippen molar-refractivity contribution in [2.75, 3.05) is 12.0 Å². The van der Waals surface area contributed by atoms with E-state index in [0.29, 0.717) is 11.4 Å². The van der Waals surface area contributed by atoms with E-state index in [-0.39, 0.29) is 12.3 Å². The van der Waals surface area contributed by atoms with Crippen LogP contribution in [0.2, 0.25) is 0 Å². The monoisotopic (exact) mass is 203 g/mol. The molecular weight excluding hydrogens is 195 g/mol. The average molecular weight is 203 g/mol. The van der Waals surface area contributed by atoms with Gasteiger partial charge in [0, 0.05) is 0 Å². The number of ether oxygens (including phenoxy) is 1. The van der Waals surface area contributed by atoms with Gasteiger partial charge in [0.05, 0.1) is 11.3 Å². The summed E-state index contributed by atoms with van der Waals surface area (Å²) in [6, 6.07) is 2.38. The Hall–Kier alpha value is -1.39. The van der Waals surface area contributed by atoms with Gasteiger partial charge in [-0.2, -0.15) is 13.2 Å². The van der Waals surface area contributed by atoms with Crippen molar-refractivity contribution in [2.45, 2.75) is 13.1 Å². The summed E-state index contributed by atoms with van der Waals surface area (Å²) in [7, 11) is 0. The van der Waals surface area contributed by atoms with E-state index in [9.17, 15) is 13.2 Å². The Labute approximate surface area is 78.7 Å². The molecule has 0 aliphatic carbocycles. The highest BCUT2D eigenvalue weighted by atomic mass is 19.4. The van der Waals surface area contributed by atoms with Crippen molar-refractivity contribution in [3.05, 3.63) is 23.3 Å². The van der Waals surface area contributed by atoms with Crippen molar-refractivity contribution in [3.63, 3.8) is 0 Å². The van der Waals surface area contributed by atoms with Gasteiger partial charge < -0.3 is 10.1 Å². The van der Waals surface area contributed by atoms with Crippen molar-refractivity contribution in [1.82, 2.24) is 0 Å². The highest BCUT2D eigenvalue weighted by molar-refractivity contribution is 5.66. The molecule has 0 aromatic heterocycles. The lowest BCUT2D eigenvalue weighted by molar-refractivity contribution is -0.138. The number of nitrogens with one attached hydrogen (secondary N) is 1. The molecule has 2 rings (SSSR count). The molecule has 76 valence electrons. The van der Waals surface area contributed by atoms with Crippen molar-refractivity contribution in [1.29, 1.82) is 0 Å². The molecule has 0 bridgehead atoms. The molecule has 0 saturated carbocycles. The molecule has 1 N–H and O–H groups in total. The third-order valence-corrected chi connectivity index (χ3v) is 2.21. The summed E-state index contributed by atoms with van der Waals surface area (Å²) in [6.07, 6.45) is -4.30. The zero-order valence-corrected chi connectivity index (χ0v) is 7.40. The summed E-state index contributed by atoms with van der Waals surface area (Å²) >= 11 is 0. The number of hydrogen-bond donors (Lipinski definition) is 1. The van der Waals surface area contributed by atoms with E-state index in [1.54, 1.807) is 0 Å². The van der Waals surface area contributed by atoms with Crippen LogP contribution < -0.4 is 10.1 Å². The maximum absolute atomic E-state index is 12.4. The number of rotatable bonds is 0. The summed E-state index contributed by atoms with van der Waals surface area (Å²) in [6.45, 7) is 1.67. The first kappa shape index (κ1) is 9.18. The van der Waals surface area contributed by atoms with Crippen LogP contribution in [0.25, 0.3) is 0 Å². The van der Waals surface area contributed by atoms with Gasteiger partial charge in [0.25, 0.3) is 0 Å². The first-order valence-corrected chi connectivity index (χ1v) is 4.07. The predicted octanol–water partition coefficient (Wildman–Crippen LogP) is 2.78. The minimum Gasteiger partial charge on any atom is -0.471 e. The fraction of sp³-hybridized carbons (Fsp3) is 0.333. The fourth-order valence-electron chi connectivity index (χ4n) is 1.52. The summed E-state index contributed by atoms with van der Waals surface area (Å²) in [5, 5.41) is 2.76. The third kappa shape index (κ3) is 1.29. The molecule has 0 radical (unpaired) electrons. The van der Waals surface area contributed by atoms with E-state index in [2.05, 4.69) is 5.32 Å². The molecule has 1 heterocycles. The maximum atomic E-state index is 12.4. The minimum absolute atomic E-state index is 0.188. The smallest absolute Gasteiger partial charge is 0.416 e. The Balaban J connectivity index is 2.56. The molecular formula is C9H8F3NO. The van der Waals surface area contributed by atoms with Gasteiger partial charge in [-0.25, -0.2) is 0 Å². The lowest BCUT2D eigenvalue weighted by Gasteiger charge is -2.12. The lowest BCUT2D eigenvalue weighted by Crippen LogP contribution is -2.08. The Morgan fingerprint density at radius 3 is 2.71 bits per heavy atom. The summed E-state index contributed by atoms with van der Waals surface area (Å²) in [5.74, 6) is 0.482. The second-order valence-corrected chi connectivity index (χ2v) is 3.07. The normalized spacial score (nSPS) is 14.6. The van der Waals surface area contributed by atoms with Crippen LogP contribution in [0.15, 0.2) is 12.1 Å². The molecule has 0 saturated heterocycles. The van der Waals surface area contributed by atoms with Crippen molar-refractivity contribution >= 4 is 5.69 Å². The van der Waals surface area contributed by atoms with E-state index < -0.39 is 11.7 Å². The SMILES string of the molecule is Cc1c(C(F)(F)F)ccc2c1NCO2. The number of alkyl halides is 3. The molecule has 0 unspecified atom stereocenters. The molecule has 1 aliphatic rings. The van der Waals surface area contributed by atoms with Gasteiger partial charge in [0.1, 0.15) is 5.75 Å². The number of anilines is 1. The number of fused-ring (bicyclic) bond motifs is 1. The first-order valence-electron chi connectivity index (χ1n) is 4.07. The Morgan fingerprint density at radius 1 is 1.36 bits per heavy atom. The molecule has 1 aromatic rings. The van der Waals surface area contributed by atoms with Crippen LogP contribution in [0, 0.1) is 6.92 Å². The number of halogens is 3. The van der Waals surface area contributed by atoms with Crippen LogP contribution in [-0.4, -0.2) is 6.73 Å². The van der Waals surface area contributed by atoms with Crippen LogP contribution >= 0.6 is 0 Å². The number of hydrogen-bond acceptors (Lipinski definition) is 2. The summed E-state index contributed by atoms with van der Waals surface area (Å²) in [5.41, 5.74) is 0.0153. The number of benzene rings is 1. The predicted molar refractivity (Wildman–Crippen MR) is 45.3 cm³/mol. The maximum Gasteiger partial charge on any atom is 0.416 e. The van der Waals surface area contributed by atoms with Gasteiger partial charge in [-0.15, -0.1) is 0 Å². The standard InChI is InChI=1S/C9H8F3NO/c1-5-6(9(10,11)12)2-3-7-8(5)13-4-14-7/h2-3,13H,4H2,1H3. The van der Waals surface area contributed by atoms with Crippen molar-refractivity contribution in [2.24, 2.45) is 0 Å². The lowest BCUT2D eigenvalue weighted by atomic mass is 10.1. The van der Waals surface area contributed by atoms with Crippen LogP contribution in [0.4, 0.5) is 18.9 Å². The molecule has 0 fully saturated rings. The summed E-state index contributed by atoms with van der Waals surface area (Å²) in [4.78, 5) is 0. The van der Waals surface area contributed by atoms with Gasteiger partial charge in [0.15, 0.2) is 6.73 Å². The fourth-order valence-corrected chi connectivity index (χ4v) is 1.52. The highest BCUT2D eigenvalue weighted by Crippen LogP contribution is 2.40. The first-order chi connectivity index (χ1) is 6.50. The molecule has 0 amide bonds. The molecule has 2 nitrogen and oxygen atoms in total. The van der Waals surface area contributed by atoms with E-state index in [4.69, 9.17) is 4.74 Å². The zero-order valence-electron chi connectivity index (χ0n) is 7.40. The van der Waals surface area contributed by atoms with Crippen molar-refractivity contribution in [3.8, 4) is 5.75 Å². The Kier molecular flexibility index (Phi) is 1.83. The quantitative estimate of drug-likeness (QED) is 0.700. The van der Waals surface area contributed by atoms with Crippen LogP contribution in [0.3, 0.4) is 0 Å². The van der Waals surface area contributed by atoms with Crippen LogP contribution in [0.1, 0.15) is 11.1 Å². The molecule has 5 heteroatoms. The van der Waals surface area contributed by atoms with E-state index >= 15 is 0 Å². The topological polar surface area (TPSA) is 21.3 Å². The van der Waals surface area contributed by atoms with E-state index in [0.717, 1.165) is 6.07 Å². The Morgan fingerprint density at radius 2 is 2.07 bits per heavy atom. The molecule has 1 aromatic carbocycles. The largest absolute Gasteiger partial charge is 0.471 e. The molecule has 0 spiro atoms. The highest BCUT2D eigenvalue weighted by Gasteiger charge is 2.34. The third-order valence-electron chi connectivity index (χ3n) is 2.21. The minimum atomic E-state index is -4.30. The second kappa shape index (κ2) is 2.80. The van der Waals surface area contributed by atoms with Gasteiger partial charge in [-0.05, 0) is 24.6 Å². The van der Waals surface area contributed by atoms with Crippen LogP contribution in [-0.2, 0) is 6.18 Å². The van der Waals surface area contributed by atoms with Gasteiger partial charge in [0.2, 0.25) is 0 Å². The van der Waals surface area contributed by atoms with Crippen LogP contribution in [0.5, 0.6) is 5.75 Å². The van der Waals surface area contributed by atoms with Crippen molar-refractivity contribution < 1.29 is 17.9 Å². The molecule has 14 heavy (non-hydrogen) atoms. The van der Waals surface area contributed by atoms with E-state index in [1.165, 1.54) is 13.0 Å². The zero-order chi connectivity index (χ0) is 10.3. The Bertz CT molecular complexity index is 373. The molecule has 0 atom stereocenters. The van der Waals surface area contributed by atoms with Gasteiger partial charge >= 0.3 is 6.18 Å². The average Bonchev–Trinajstić information content (AvgIpc) is 2.50. The van der Waals surface area contributed by atoms with Gasteiger partial charge in [-0.1, -0.05) is 0 Å². The summed E-state index contributed by atoms with van der Waals surface area (Å²) < 4.78 is 42.4. The molecule has 1 aliphatic heterocycles.